The summed E-state index contributed by atoms with van der Waals surface area (Å²) in [4.78, 5) is 0. The molecule has 0 aliphatic carbocycles. The average Bonchev–Trinajstić information content (AvgIpc) is 2.14. The molecule has 1 aromatic carbocycles. The third-order valence-electron chi connectivity index (χ3n) is 2.05. The Morgan fingerprint density at radius 2 is 1.93 bits per heavy atom. The molecule has 0 saturated heterocycles. The topological polar surface area (TPSA) is 38.0 Å². The Labute approximate surface area is 84.0 Å². The molecule has 0 heterocycles. The maximum atomic E-state index is 13.1. The van der Waals surface area contributed by atoms with Gasteiger partial charge < -0.3 is 0 Å². The van der Waals surface area contributed by atoms with Gasteiger partial charge >= 0.3 is 6.18 Å². The van der Waals surface area contributed by atoms with Crippen LogP contribution in [0.1, 0.15) is 24.1 Å². The molecule has 2 nitrogen and oxygen atoms in total. The van der Waals surface area contributed by atoms with Gasteiger partial charge in [-0.1, -0.05) is 6.07 Å². The van der Waals surface area contributed by atoms with Gasteiger partial charge in [0.1, 0.15) is 5.82 Å². The van der Waals surface area contributed by atoms with Crippen molar-refractivity contribution in [3.05, 3.63) is 35.1 Å². The summed E-state index contributed by atoms with van der Waals surface area (Å²) in [5.41, 5.74) is 1.41. The molecule has 1 aromatic rings. The van der Waals surface area contributed by atoms with E-state index < -0.39 is 23.6 Å². The minimum atomic E-state index is -4.66. The van der Waals surface area contributed by atoms with E-state index in [-0.39, 0.29) is 0 Å². The SMILES string of the molecule is C[C@@H](NN)c1ccc(C(F)(F)F)c(F)c1. The van der Waals surface area contributed by atoms with Crippen LogP contribution < -0.4 is 11.3 Å². The molecule has 0 unspecified atom stereocenters. The molecule has 0 saturated carbocycles. The van der Waals surface area contributed by atoms with Crippen LogP contribution in [0.15, 0.2) is 18.2 Å². The maximum absolute atomic E-state index is 13.1. The smallest absolute Gasteiger partial charge is 0.271 e. The van der Waals surface area contributed by atoms with Crippen molar-refractivity contribution in [3.63, 3.8) is 0 Å². The minimum Gasteiger partial charge on any atom is -0.271 e. The van der Waals surface area contributed by atoms with E-state index in [4.69, 9.17) is 5.84 Å². The fraction of sp³-hybridized carbons (Fsp3) is 0.333. The number of halogens is 4. The van der Waals surface area contributed by atoms with Gasteiger partial charge in [0.2, 0.25) is 0 Å². The van der Waals surface area contributed by atoms with Crippen molar-refractivity contribution in [2.75, 3.05) is 0 Å². The van der Waals surface area contributed by atoms with E-state index in [1.807, 2.05) is 0 Å². The molecular weight excluding hydrogens is 212 g/mol. The molecule has 0 amide bonds. The van der Waals surface area contributed by atoms with Gasteiger partial charge in [0, 0.05) is 6.04 Å². The standard InChI is InChI=1S/C9H10F4N2/c1-5(15-14)6-2-3-7(8(10)4-6)9(11,12)13/h2-5,15H,14H2,1H3/t5-/m1/s1. The number of nitrogens with two attached hydrogens (primary N) is 1. The van der Waals surface area contributed by atoms with Crippen LogP contribution in [0.5, 0.6) is 0 Å². The van der Waals surface area contributed by atoms with Crippen molar-refractivity contribution in [1.82, 2.24) is 5.43 Å². The van der Waals surface area contributed by atoms with Crippen LogP contribution in [0.3, 0.4) is 0 Å². The Balaban J connectivity index is 3.09. The number of hydrogen-bond donors (Lipinski definition) is 2. The quantitative estimate of drug-likeness (QED) is 0.458. The maximum Gasteiger partial charge on any atom is 0.419 e. The Hall–Kier alpha value is -1.14. The molecule has 0 spiro atoms. The number of rotatable bonds is 2. The largest absolute Gasteiger partial charge is 0.419 e. The molecule has 0 aliphatic rings. The highest BCUT2D eigenvalue weighted by molar-refractivity contribution is 5.28. The second-order valence-electron chi connectivity index (χ2n) is 3.13. The molecular formula is C9H10F4N2. The summed E-state index contributed by atoms with van der Waals surface area (Å²) in [6.07, 6.45) is -4.66. The number of hydrazine groups is 1. The van der Waals surface area contributed by atoms with Crippen molar-refractivity contribution in [3.8, 4) is 0 Å². The normalized spacial score (nSPS) is 14.0. The zero-order chi connectivity index (χ0) is 11.6. The van der Waals surface area contributed by atoms with Gasteiger partial charge in [-0.05, 0) is 24.6 Å². The molecule has 0 aliphatic heterocycles. The first kappa shape index (κ1) is 11.9. The third kappa shape index (κ3) is 2.66. The monoisotopic (exact) mass is 222 g/mol. The van der Waals surface area contributed by atoms with Crippen molar-refractivity contribution in [1.29, 1.82) is 0 Å². The summed E-state index contributed by atoms with van der Waals surface area (Å²) in [5.74, 6) is 3.79. The Kier molecular flexibility index (Phi) is 3.31. The van der Waals surface area contributed by atoms with E-state index in [1.54, 1.807) is 6.92 Å². The fourth-order valence-corrected chi connectivity index (χ4v) is 1.13. The summed E-state index contributed by atoms with van der Waals surface area (Å²) in [7, 11) is 0. The summed E-state index contributed by atoms with van der Waals surface area (Å²) in [6, 6.07) is 2.32. The van der Waals surface area contributed by atoms with Gasteiger partial charge in [-0.3, -0.25) is 11.3 Å². The van der Waals surface area contributed by atoms with E-state index in [1.165, 1.54) is 6.07 Å². The zero-order valence-electron chi connectivity index (χ0n) is 7.90. The highest BCUT2D eigenvalue weighted by atomic mass is 19.4. The van der Waals surface area contributed by atoms with E-state index in [0.717, 1.165) is 6.07 Å². The van der Waals surface area contributed by atoms with E-state index in [2.05, 4.69) is 5.43 Å². The van der Waals surface area contributed by atoms with Crippen molar-refractivity contribution >= 4 is 0 Å². The highest BCUT2D eigenvalue weighted by Gasteiger charge is 2.34. The van der Waals surface area contributed by atoms with Crippen LogP contribution in [-0.4, -0.2) is 0 Å². The van der Waals surface area contributed by atoms with Crippen molar-refractivity contribution in [2.24, 2.45) is 5.84 Å². The van der Waals surface area contributed by atoms with Crippen molar-refractivity contribution < 1.29 is 17.6 Å². The molecule has 1 atom stereocenters. The van der Waals surface area contributed by atoms with E-state index in [0.29, 0.717) is 11.6 Å². The second kappa shape index (κ2) is 4.16. The molecule has 1 rings (SSSR count). The lowest BCUT2D eigenvalue weighted by Crippen LogP contribution is -2.25. The highest BCUT2D eigenvalue weighted by Crippen LogP contribution is 2.32. The van der Waals surface area contributed by atoms with Gasteiger partial charge in [0.15, 0.2) is 0 Å². The van der Waals surface area contributed by atoms with Crippen LogP contribution >= 0.6 is 0 Å². The summed E-state index contributed by atoms with van der Waals surface area (Å²) in [6.45, 7) is 1.61. The molecule has 0 fully saturated rings. The number of benzene rings is 1. The summed E-state index contributed by atoms with van der Waals surface area (Å²) in [5, 5.41) is 0. The van der Waals surface area contributed by atoms with Crippen LogP contribution in [-0.2, 0) is 6.18 Å². The molecule has 84 valence electrons. The first-order valence-electron chi connectivity index (χ1n) is 4.19. The molecule has 0 radical (unpaired) electrons. The zero-order valence-corrected chi connectivity index (χ0v) is 7.90. The molecule has 3 N–H and O–H groups in total. The van der Waals surface area contributed by atoms with Gasteiger partial charge in [-0.2, -0.15) is 13.2 Å². The lowest BCUT2D eigenvalue weighted by atomic mass is 10.1. The first-order valence-corrected chi connectivity index (χ1v) is 4.19. The van der Waals surface area contributed by atoms with Crippen LogP contribution in [0.25, 0.3) is 0 Å². The van der Waals surface area contributed by atoms with Gasteiger partial charge in [-0.25, -0.2) is 4.39 Å². The van der Waals surface area contributed by atoms with Gasteiger partial charge in [-0.15, -0.1) is 0 Å². The van der Waals surface area contributed by atoms with Gasteiger partial charge in [0.25, 0.3) is 0 Å². The molecule has 15 heavy (non-hydrogen) atoms. The lowest BCUT2D eigenvalue weighted by molar-refractivity contribution is -0.140. The number of hydrogen-bond acceptors (Lipinski definition) is 2. The first-order chi connectivity index (χ1) is 6.86. The van der Waals surface area contributed by atoms with Crippen LogP contribution in [0.4, 0.5) is 17.6 Å². The Morgan fingerprint density at radius 3 is 2.33 bits per heavy atom. The average molecular weight is 222 g/mol. The minimum absolute atomic E-state index is 0.364. The van der Waals surface area contributed by atoms with Crippen LogP contribution in [0, 0.1) is 5.82 Å². The molecule has 0 aromatic heterocycles. The van der Waals surface area contributed by atoms with Crippen molar-refractivity contribution in [2.45, 2.75) is 19.1 Å². The second-order valence-corrected chi connectivity index (χ2v) is 3.13. The number of alkyl halides is 3. The molecule has 0 bridgehead atoms. The van der Waals surface area contributed by atoms with Crippen LogP contribution in [0.2, 0.25) is 0 Å². The summed E-state index contributed by atoms with van der Waals surface area (Å²) >= 11 is 0. The number of nitrogens with one attached hydrogen (secondary N) is 1. The lowest BCUT2D eigenvalue weighted by Gasteiger charge is -2.13. The third-order valence-corrected chi connectivity index (χ3v) is 2.05. The fourth-order valence-electron chi connectivity index (χ4n) is 1.13. The predicted octanol–water partition coefficient (Wildman–Crippen LogP) is 2.37. The molecule has 6 heteroatoms. The predicted molar refractivity (Wildman–Crippen MR) is 47.1 cm³/mol. The van der Waals surface area contributed by atoms with E-state index in [9.17, 15) is 17.6 Å². The Bertz CT molecular complexity index is 348. The van der Waals surface area contributed by atoms with E-state index >= 15 is 0 Å². The summed E-state index contributed by atoms with van der Waals surface area (Å²) < 4.78 is 49.6. The Morgan fingerprint density at radius 1 is 1.33 bits per heavy atom. The van der Waals surface area contributed by atoms with Gasteiger partial charge in [0.05, 0.1) is 5.56 Å².